The second-order valence-corrected chi connectivity index (χ2v) is 7.25. The molecule has 3 aliphatic heterocycles. The standard InChI is InChI=1S/C17H25FN4O/c1-2-14-15(18)16(20-12-19-14)22-7-13-8-23-11-17(13,10-22)9-21-5-3-4-6-21/h12-13H,2-11H2,1H3/t13-,17+/m1/s1. The van der Waals surface area contributed by atoms with Crippen molar-refractivity contribution in [2.24, 2.45) is 11.3 Å². The van der Waals surface area contributed by atoms with E-state index in [0.717, 1.165) is 32.8 Å². The minimum Gasteiger partial charge on any atom is -0.380 e. The first-order valence-corrected chi connectivity index (χ1v) is 8.76. The van der Waals surface area contributed by atoms with E-state index in [1.54, 1.807) is 0 Å². The van der Waals surface area contributed by atoms with Crippen LogP contribution in [0, 0.1) is 17.2 Å². The number of anilines is 1. The number of aryl methyl sites for hydroxylation is 1. The van der Waals surface area contributed by atoms with Gasteiger partial charge in [0, 0.05) is 31.0 Å². The Bertz CT molecular complexity index is 578. The fraction of sp³-hybridized carbons (Fsp3) is 0.765. The maximum absolute atomic E-state index is 14.6. The first-order valence-electron chi connectivity index (χ1n) is 8.76. The van der Waals surface area contributed by atoms with Crippen molar-refractivity contribution in [1.29, 1.82) is 0 Å². The summed E-state index contributed by atoms with van der Waals surface area (Å²) >= 11 is 0. The number of nitrogens with zero attached hydrogens (tertiary/aromatic N) is 4. The van der Waals surface area contributed by atoms with Crippen LogP contribution in [0.15, 0.2) is 6.33 Å². The zero-order valence-corrected chi connectivity index (χ0v) is 13.8. The summed E-state index contributed by atoms with van der Waals surface area (Å²) in [5.74, 6) is 0.710. The van der Waals surface area contributed by atoms with Crippen LogP contribution in [0.2, 0.25) is 0 Å². The van der Waals surface area contributed by atoms with Crippen LogP contribution in [-0.2, 0) is 11.2 Å². The van der Waals surface area contributed by atoms with Gasteiger partial charge in [0.15, 0.2) is 11.6 Å². The van der Waals surface area contributed by atoms with E-state index >= 15 is 0 Å². The lowest BCUT2D eigenvalue weighted by atomic mass is 9.80. The van der Waals surface area contributed by atoms with Crippen LogP contribution in [0.4, 0.5) is 10.2 Å². The number of ether oxygens (including phenoxy) is 1. The molecule has 0 radical (unpaired) electrons. The van der Waals surface area contributed by atoms with E-state index in [9.17, 15) is 4.39 Å². The summed E-state index contributed by atoms with van der Waals surface area (Å²) in [6, 6.07) is 0. The van der Waals surface area contributed by atoms with Gasteiger partial charge in [0.25, 0.3) is 0 Å². The molecule has 126 valence electrons. The zero-order valence-electron chi connectivity index (χ0n) is 13.8. The second kappa shape index (κ2) is 5.98. The molecule has 4 rings (SSSR count). The molecule has 3 saturated heterocycles. The summed E-state index contributed by atoms with van der Waals surface area (Å²) in [5.41, 5.74) is 0.644. The number of hydrogen-bond donors (Lipinski definition) is 0. The van der Waals surface area contributed by atoms with Crippen molar-refractivity contribution in [2.45, 2.75) is 26.2 Å². The number of fused-ring (bicyclic) bond motifs is 1. The molecule has 1 aromatic rings. The molecule has 0 aromatic carbocycles. The van der Waals surface area contributed by atoms with E-state index in [2.05, 4.69) is 19.8 Å². The van der Waals surface area contributed by atoms with E-state index in [1.165, 1.54) is 32.3 Å². The number of hydrogen-bond acceptors (Lipinski definition) is 5. The molecule has 2 atom stereocenters. The summed E-state index contributed by atoms with van der Waals surface area (Å²) in [4.78, 5) is 13.0. The van der Waals surface area contributed by atoms with Crippen molar-refractivity contribution >= 4 is 5.82 Å². The molecule has 0 aliphatic carbocycles. The van der Waals surface area contributed by atoms with Gasteiger partial charge in [0.2, 0.25) is 0 Å². The Labute approximate surface area is 136 Å². The van der Waals surface area contributed by atoms with Crippen molar-refractivity contribution in [1.82, 2.24) is 14.9 Å². The summed E-state index contributed by atoms with van der Waals surface area (Å²) in [6.45, 7) is 8.64. The molecular formula is C17H25FN4O. The Hall–Kier alpha value is -1.27. The van der Waals surface area contributed by atoms with Crippen molar-refractivity contribution in [3.8, 4) is 0 Å². The maximum Gasteiger partial charge on any atom is 0.187 e. The van der Waals surface area contributed by atoms with Gasteiger partial charge in [-0.1, -0.05) is 6.92 Å². The summed E-state index contributed by atoms with van der Waals surface area (Å²) in [5, 5.41) is 0. The highest BCUT2D eigenvalue weighted by Gasteiger charge is 2.52. The van der Waals surface area contributed by atoms with E-state index in [1.807, 2.05) is 6.92 Å². The molecule has 0 amide bonds. The number of aromatic nitrogens is 2. The van der Waals surface area contributed by atoms with Crippen LogP contribution < -0.4 is 4.90 Å². The van der Waals surface area contributed by atoms with Gasteiger partial charge in [-0.05, 0) is 32.4 Å². The fourth-order valence-electron chi connectivity index (χ4n) is 4.47. The predicted molar refractivity (Wildman–Crippen MR) is 86.0 cm³/mol. The molecule has 1 aromatic heterocycles. The first-order chi connectivity index (χ1) is 11.2. The molecular weight excluding hydrogens is 295 g/mol. The van der Waals surface area contributed by atoms with Crippen LogP contribution >= 0.6 is 0 Å². The molecule has 3 fully saturated rings. The largest absolute Gasteiger partial charge is 0.380 e. The van der Waals surface area contributed by atoms with Crippen LogP contribution in [0.5, 0.6) is 0 Å². The molecule has 4 heterocycles. The maximum atomic E-state index is 14.6. The minimum atomic E-state index is -0.243. The Morgan fingerprint density at radius 2 is 2.17 bits per heavy atom. The van der Waals surface area contributed by atoms with Crippen LogP contribution in [-0.4, -0.2) is 60.8 Å². The van der Waals surface area contributed by atoms with E-state index in [0.29, 0.717) is 23.9 Å². The minimum absolute atomic E-state index is 0.133. The third-order valence-corrected chi connectivity index (χ3v) is 5.74. The smallest absolute Gasteiger partial charge is 0.187 e. The average molecular weight is 320 g/mol. The van der Waals surface area contributed by atoms with E-state index in [-0.39, 0.29) is 11.2 Å². The van der Waals surface area contributed by atoms with Crippen molar-refractivity contribution in [2.75, 3.05) is 50.8 Å². The highest BCUT2D eigenvalue weighted by Crippen LogP contribution is 2.44. The lowest BCUT2D eigenvalue weighted by Crippen LogP contribution is -2.42. The van der Waals surface area contributed by atoms with Gasteiger partial charge in [-0.15, -0.1) is 0 Å². The molecule has 6 heteroatoms. The Morgan fingerprint density at radius 3 is 2.96 bits per heavy atom. The zero-order chi connectivity index (χ0) is 15.9. The van der Waals surface area contributed by atoms with E-state index < -0.39 is 0 Å². The highest BCUT2D eigenvalue weighted by atomic mass is 19.1. The number of likely N-dealkylation sites (tertiary alicyclic amines) is 1. The summed E-state index contributed by atoms with van der Waals surface area (Å²) < 4.78 is 20.4. The van der Waals surface area contributed by atoms with E-state index in [4.69, 9.17) is 4.74 Å². The molecule has 0 bridgehead atoms. The first kappa shape index (κ1) is 15.3. The molecule has 0 unspecified atom stereocenters. The third kappa shape index (κ3) is 2.62. The van der Waals surface area contributed by atoms with Crippen molar-refractivity contribution < 1.29 is 9.13 Å². The quantitative estimate of drug-likeness (QED) is 0.845. The van der Waals surface area contributed by atoms with Gasteiger partial charge in [0.1, 0.15) is 6.33 Å². The van der Waals surface area contributed by atoms with Crippen LogP contribution in [0.25, 0.3) is 0 Å². The van der Waals surface area contributed by atoms with Gasteiger partial charge in [-0.25, -0.2) is 14.4 Å². The Balaban J connectivity index is 1.57. The summed E-state index contributed by atoms with van der Waals surface area (Å²) in [7, 11) is 0. The molecule has 0 spiro atoms. The van der Waals surface area contributed by atoms with Gasteiger partial charge in [0.05, 0.1) is 18.9 Å². The Morgan fingerprint density at radius 1 is 1.35 bits per heavy atom. The normalized spacial score (nSPS) is 31.0. The second-order valence-electron chi connectivity index (χ2n) is 7.25. The van der Waals surface area contributed by atoms with Crippen molar-refractivity contribution in [3.63, 3.8) is 0 Å². The average Bonchev–Trinajstić information content (AvgIpc) is 3.24. The number of rotatable bonds is 4. The monoisotopic (exact) mass is 320 g/mol. The molecule has 23 heavy (non-hydrogen) atoms. The third-order valence-electron chi connectivity index (χ3n) is 5.74. The lowest BCUT2D eigenvalue weighted by molar-refractivity contribution is 0.126. The Kier molecular flexibility index (Phi) is 3.97. The summed E-state index contributed by atoms with van der Waals surface area (Å²) in [6.07, 6.45) is 4.69. The van der Waals surface area contributed by atoms with Gasteiger partial charge in [-0.2, -0.15) is 0 Å². The lowest BCUT2D eigenvalue weighted by Gasteiger charge is -2.32. The van der Waals surface area contributed by atoms with Gasteiger partial charge < -0.3 is 14.5 Å². The number of halogens is 1. The molecule has 5 nitrogen and oxygen atoms in total. The molecule has 3 aliphatic rings. The van der Waals surface area contributed by atoms with Crippen LogP contribution in [0.3, 0.4) is 0 Å². The molecule has 0 N–H and O–H groups in total. The van der Waals surface area contributed by atoms with Crippen LogP contribution in [0.1, 0.15) is 25.5 Å². The fourth-order valence-corrected chi connectivity index (χ4v) is 4.47. The van der Waals surface area contributed by atoms with Gasteiger partial charge in [-0.3, -0.25) is 0 Å². The topological polar surface area (TPSA) is 41.5 Å². The van der Waals surface area contributed by atoms with Crippen molar-refractivity contribution in [3.05, 3.63) is 17.8 Å². The van der Waals surface area contributed by atoms with Gasteiger partial charge >= 0.3 is 0 Å². The highest BCUT2D eigenvalue weighted by molar-refractivity contribution is 5.43. The molecule has 0 saturated carbocycles. The predicted octanol–water partition coefficient (Wildman–Crippen LogP) is 1.73. The SMILES string of the molecule is CCc1ncnc(N2C[C@@H]3COC[C@]3(CN3CCCC3)C2)c1F.